The first-order valence-electron chi connectivity index (χ1n) is 7.68. The highest BCUT2D eigenvalue weighted by atomic mass is 16.5. The van der Waals surface area contributed by atoms with E-state index in [9.17, 15) is 4.79 Å². The van der Waals surface area contributed by atoms with Gasteiger partial charge in [-0.3, -0.25) is 0 Å². The molecule has 1 aromatic rings. The summed E-state index contributed by atoms with van der Waals surface area (Å²) in [5.74, 6) is -0.120. The highest BCUT2D eigenvalue weighted by molar-refractivity contribution is 5.97. The Morgan fingerprint density at radius 1 is 1.05 bits per heavy atom. The SMILES string of the molecule is CCOC(=O)/C1=C(\c2ccc(C)cc2)CCCCCC1. The molecule has 108 valence electrons. The summed E-state index contributed by atoms with van der Waals surface area (Å²) in [5.41, 5.74) is 4.52. The van der Waals surface area contributed by atoms with Gasteiger partial charge in [0.15, 0.2) is 0 Å². The number of hydrogen-bond acceptors (Lipinski definition) is 2. The lowest BCUT2D eigenvalue weighted by molar-refractivity contribution is -0.138. The molecule has 0 spiro atoms. The van der Waals surface area contributed by atoms with Gasteiger partial charge in [-0.25, -0.2) is 4.79 Å². The van der Waals surface area contributed by atoms with Crippen LogP contribution in [0.15, 0.2) is 29.8 Å². The molecule has 2 heteroatoms. The maximum atomic E-state index is 12.2. The van der Waals surface area contributed by atoms with Crippen molar-refractivity contribution in [3.63, 3.8) is 0 Å². The number of allylic oxidation sites excluding steroid dienone is 1. The third-order valence-corrected chi connectivity index (χ3v) is 3.89. The monoisotopic (exact) mass is 272 g/mol. The van der Waals surface area contributed by atoms with Crippen molar-refractivity contribution in [2.75, 3.05) is 6.61 Å². The van der Waals surface area contributed by atoms with Crippen LogP contribution in [0.25, 0.3) is 5.57 Å². The second-order valence-electron chi connectivity index (χ2n) is 5.46. The Kier molecular flexibility index (Phi) is 5.40. The zero-order chi connectivity index (χ0) is 14.4. The molecule has 1 aromatic carbocycles. The summed E-state index contributed by atoms with van der Waals surface area (Å²) in [6.45, 7) is 4.40. The predicted molar refractivity (Wildman–Crippen MR) is 82.4 cm³/mol. The summed E-state index contributed by atoms with van der Waals surface area (Å²) < 4.78 is 5.26. The van der Waals surface area contributed by atoms with E-state index in [0.29, 0.717) is 6.61 Å². The Morgan fingerprint density at radius 3 is 2.35 bits per heavy atom. The van der Waals surface area contributed by atoms with Gasteiger partial charge < -0.3 is 4.74 Å². The van der Waals surface area contributed by atoms with Gasteiger partial charge in [-0.05, 0) is 50.7 Å². The Labute approximate surface area is 121 Å². The van der Waals surface area contributed by atoms with E-state index in [4.69, 9.17) is 4.74 Å². The van der Waals surface area contributed by atoms with Crippen molar-refractivity contribution in [3.8, 4) is 0 Å². The number of aryl methyl sites for hydroxylation is 1. The van der Waals surface area contributed by atoms with Crippen LogP contribution >= 0.6 is 0 Å². The first kappa shape index (κ1) is 14.8. The summed E-state index contributed by atoms with van der Waals surface area (Å²) in [4.78, 5) is 12.2. The van der Waals surface area contributed by atoms with E-state index >= 15 is 0 Å². The third kappa shape index (κ3) is 3.72. The fraction of sp³-hybridized carbons (Fsp3) is 0.500. The smallest absolute Gasteiger partial charge is 0.334 e. The zero-order valence-corrected chi connectivity index (χ0v) is 12.6. The minimum absolute atomic E-state index is 0.120. The standard InChI is InChI=1S/C18H24O2/c1-3-20-18(19)17-9-7-5-4-6-8-16(17)15-12-10-14(2)11-13-15/h10-13H,3-9H2,1-2H3/b17-16-. The Bertz CT molecular complexity index is 483. The van der Waals surface area contributed by atoms with Gasteiger partial charge in [0.2, 0.25) is 0 Å². The molecule has 0 heterocycles. The highest BCUT2D eigenvalue weighted by Gasteiger charge is 2.19. The van der Waals surface area contributed by atoms with Gasteiger partial charge in [0.05, 0.1) is 6.61 Å². The van der Waals surface area contributed by atoms with Gasteiger partial charge in [0.1, 0.15) is 0 Å². The molecule has 0 radical (unpaired) electrons. The highest BCUT2D eigenvalue weighted by Crippen LogP contribution is 2.31. The van der Waals surface area contributed by atoms with E-state index in [1.807, 2.05) is 6.92 Å². The topological polar surface area (TPSA) is 26.3 Å². The van der Waals surface area contributed by atoms with Crippen LogP contribution in [0.3, 0.4) is 0 Å². The Hall–Kier alpha value is -1.57. The Morgan fingerprint density at radius 2 is 1.70 bits per heavy atom. The number of ether oxygens (including phenoxy) is 1. The number of hydrogen-bond donors (Lipinski definition) is 0. The fourth-order valence-corrected chi connectivity index (χ4v) is 2.78. The van der Waals surface area contributed by atoms with Crippen molar-refractivity contribution < 1.29 is 9.53 Å². The van der Waals surface area contributed by atoms with E-state index in [1.54, 1.807) is 0 Å². The van der Waals surface area contributed by atoms with Crippen LogP contribution in [0.5, 0.6) is 0 Å². The van der Waals surface area contributed by atoms with Crippen LogP contribution in [0.1, 0.15) is 56.6 Å². The van der Waals surface area contributed by atoms with Gasteiger partial charge in [-0.15, -0.1) is 0 Å². The molecule has 0 fully saturated rings. The van der Waals surface area contributed by atoms with Crippen molar-refractivity contribution in [1.82, 2.24) is 0 Å². The second-order valence-corrected chi connectivity index (χ2v) is 5.46. The molecule has 0 aliphatic heterocycles. The third-order valence-electron chi connectivity index (χ3n) is 3.89. The lowest BCUT2D eigenvalue weighted by Gasteiger charge is -2.18. The van der Waals surface area contributed by atoms with Crippen LogP contribution < -0.4 is 0 Å². The summed E-state index contributed by atoms with van der Waals surface area (Å²) >= 11 is 0. The number of rotatable bonds is 3. The molecule has 1 aliphatic rings. The largest absolute Gasteiger partial charge is 0.463 e. The molecule has 2 nitrogen and oxygen atoms in total. The van der Waals surface area contributed by atoms with Gasteiger partial charge in [-0.1, -0.05) is 42.7 Å². The molecule has 0 N–H and O–H groups in total. The van der Waals surface area contributed by atoms with Crippen molar-refractivity contribution in [3.05, 3.63) is 41.0 Å². The van der Waals surface area contributed by atoms with Crippen LogP contribution in [0.4, 0.5) is 0 Å². The minimum atomic E-state index is -0.120. The van der Waals surface area contributed by atoms with E-state index < -0.39 is 0 Å². The predicted octanol–water partition coefficient (Wildman–Crippen LogP) is 4.67. The minimum Gasteiger partial charge on any atom is -0.463 e. The van der Waals surface area contributed by atoms with E-state index in [0.717, 1.165) is 31.3 Å². The maximum absolute atomic E-state index is 12.2. The van der Waals surface area contributed by atoms with Crippen LogP contribution in [0, 0.1) is 6.92 Å². The molecular formula is C18H24O2. The van der Waals surface area contributed by atoms with Crippen LogP contribution in [-0.2, 0) is 9.53 Å². The zero-order valence-electron chi connectivity index (χ0n) is 12.6. The molecule has 0 aromatic heterocycles. The van der Waals surface area contributed by atoms with Crippen molar-refractivity contribution in [2.45, 2.75) is 52.4 Å². The fourth-order valence-electron chi connectivity index (χ4n) is 2.78. The molecule has 0 saturated heterocycles. The second kappa shape index (κ2) is 7.28. The summed E-state index contributed by atoms with van der Waals surface area (Å²) in [7, 11) is 0. The number of benzene rings is 1. The number of esters is 1. The van der Waals surface area contributed by atoms with E-state index in [1.165, 1.54) is 29.5 Å². The van der Waals surface area contributed by atoms with Crippen molar-refractivity contribution in [2.24, 2.45) is 0 Å². The molecule has 1 aliphatic carbocycles. The summed E-state index contributed by atoms with van der Waals surface area (Å²) in [6, 6.07) is 8.49. The molecular weight excluding hydrogens is 248 g/mol. The summed E-state index contributed by atoms with van der Waals surface area (Å²) in [6.07, 6.45) is 6.55. The molecule has 0 bridgehead atoms. The molecule has 20 heavy (non-hydrogen) atoms. The normalized spacial score (nSPS) is 20.1. The average molecular weight is 272 g/mol. The van der Waals surface area contributed by atoms with Crippen LogP contribution in [-0.4, -0.2) is 12.6 Å². The van der Waals surface area contributed by atoms with Crippen molar-refractivity contribution >= 4 is 11.5 Å². The lowest BCUT2D eigenvalue weighted by atomic mass is 9.89. The molecule has 0 saturated carbocycles. The van der Waals surface area contributed by atoms with Crippen LogP contribution in [0.2, 0.25) is 0 Å². The van der Waals surface area contributed by atoms with Gasteiger partial charge in [0, 0.05) is 5.57 Å². The molecule has 2 rings (SSSR count). The quantitative estimate of drug-likeness (QED) is 0.748. The molecule has 0 unspecified atom stereocenters. The maximum Gasteiger partial charge on any atom is 0.334 e. The first-order valence-corrected chi connectivity index (χ1v) is 7.68. The molecule has 0 amide bonds. The lowest BCUT2D eigenvalue weighted by Crippen LogP contribution is -2.11. The summed E-state index contributed by atoms with van der Waals surface area (Å²) in [5, 5.41) is 0. The van der Waals surface area contributed by atoms with Gasteiger partial charge >= 0.3 is 5.97 Å². The Balaban J connectivity index is 2.39. The molecule has 0 atom stereocenters. The van der Waals surface area contributed by atoms with Gasteiger partial charge in [-0.2, -0.15) is 0 Å². The number of carbonyl (C=O) groups excluding carboxylic acids is 1. The van der Waals surface area contributed by atoms with E-state index in [-0.39, 0.29) is 5.97 Å². The van der Waals surface area contributed by atoms with E-state index in [2.05, 4.69) is 31.2 Å². The van der Waals surface area contributed by atoms with Gasteiger partial charge in [0.25, 0.3) is 0 Å². The first-order chi connectivity index (χ1) is 9.72. The van der Waals surface area contributed by atoms with Crippen molar-refractivity contribution in [1.29, 1.82) is 0 Å². The average Bonchev–Trinajstić information content (AvgIpc) is 2.40. The number of carbonyl (C=O) groups is 1.